The average molecular weight is 278 g/mol. The number of amidine groups is 1. The lowest BCUT2D eigenvalue weighted by Crippen LogP contribution is -2.47. The third-order valence-corrected chi connectivity index (χ3v) is 3.67. The number of aryl methyl sites for hydroxylation is 1. The lowest BCUT2D eigenvalue weighted by molar-refractivity contribution is 0.189. The van der Waals surface area contributed by atoms with Gasteiger partial charge in [0.15, 0.2) is 5.84 Å². The zero-order valence-corrected chi connectivity index (χ0v) is 11.8. The van der Waals surface area contributed by atoms with Gasteiger partial charge in [0.2, 0.25) is 0 Å². The molecule has 110 valence electrons. The molecule has 0 aliphatic carbocycles. The number of rotatable bonds is 4. The van der Waals surface area contributed by atoms with Crippen molar-refractivity contribution >= 4 is 11.5 Å². The largest absolute Gasteiger partial charge is 0.409 e. The highest BCUT2D eigenvalue weighted by Gasteiger charge is 2.20. The van der Waals surface area contributed by atoms with Gasteiger partial charge in [-0.15, -0.1) is 0 Å². The number of piperazine rings is 1. The van der Waals surface area contributed by atoms with Gasteiger partial charge in [-0.25, -0.2) is 0 Å². The number of hydrogen-bond acceptors (Lipinski definition) is 5. The van der Waals surface area contributed by atoms with Gasteiger partial charge in [0.05, 0.1) is 6.61 Å². The molecule has 0 saturated carbocycles. The van der Waals surface area contributed by atoms with Crippen molar-refractivity contribution in [1.29, 1.82) is 0 Å². The Hall–Kier alpha value is -1.79. The first kappa shape index (κ1) is 14.6. The highest BCUT2D eigenvalue weighted by Crippen LogP contribution is 2.23. The number of nitrogens with two attached hydrogens (primary N) is 1. The van der Waals surface area contributed by atoms with Crippen LogP contribution in [0, 0.1) is 6.92 Å². The second-order valence-electron chi connectivity index (χ2n) is 5.06. The minimum atomic E-state index is 0.137. The molecular formula is C14H22N4O2. The van der Waals surface area contributed by atoms with Crippen LogP contribution in [0.5, 0.6) is 0 Å². The molecule has 1 fully saturated rings. The third kappa shape index (κ3) is 3.20. The molecule has 0 unspecified atom stereocenters. The summed E-state index contributed by atoms with van der Waals surface area (Å²) in [6.45, 7) is 6.49. The highest BCUT2D eigenvalue weighted by atomic mass is 16.4. The molecule has 0 spiro atoms. The van der Waals surface area contributed by atoms with Crippen LogP contribution < -0.4 is 10.6 Å². The van der Waals surface area contributed by atoms with E-state index in [1.807, 2.05) is 19.1 Å². The predicted molar refractivity (Wildman–Crippen MR) is 79.4 cm³/mol. The van der Waals surface area contributed by atoms with E-state index in [4.69, 9.17) is 16.0 Å². The summed E-state index contributed by atoms with van der Waals surface area (Å²) in [5.74, 6) is 0.137. The van der Waals surface area contributed by atoms with Crippen LogP contribution in [0.2, 0.25) is 0 Å². The van der Waals surface area contributed by atoms with E-state index in [9.17, 15) is 0 Å². The minimum absolute atomic E-state index is 0.137. The van der Waals surface area contributed by atoms with E-state index in [2.05, 4.69) is 21.0 Å². The molecule has 1 aromatic carbocycles. The van der Waals surface area contributed by atoms with Crippen LogP contribution in [0.1, 0.15) is 11.1 Å². The number of aliphatic hydroxyl groups excluding tert-OH is 1. The van der Waals surface area contributed by atoms with Crippen LogP contribution in [0.3, 0.4) is 0 Å². The summed E-state index contributed by atoms with van der Waals surface area (Å²) in [4.78, 5) is 4.48. The van der Waals surface area contributed by atoms with E-state index in [1.165, 1.54) is 0 Å². The van der Waals surface area contributed by atoms with E-state index >= 15 is 0 Å². The quantitative estimate of drug-likeness (QED) is 0.317. The fourth-order valence-corrected chi connectivity index (χ4v) is 2.53. The van der Waals surface area contributed by atoms with Crippen molar-refractivity contribution in [3.63, 3.8) is 0 Å². The molecule has 0 amide bonds. The number of oxime groups is 1. The van der Waals surface area contributed by atoms with Crippen molar-refractivity contribution in [2.45, 2.75) is 6.92 Å². The number of anilines is 1. The lowest BCUT2D eigenvalue weighted by atomic mass is 10.1. The van der Waals surface area contributed by atoms with E-state index in [0.717, 1.165) is 49.5 Å². The van der Waals surface area contributed by atoms with E-state index in [0.29, 0.717) is 0 Å². The second kappa shape index (κ2) is 6.58. The molecule has 20 heavy (non-hydrogen) atoms. The van der Waals surface area contributed by atoms with Crippen molar-refractivity contribution in [3.05, 3.63) is 29.3 Å². The highest BCUT2D eigenvalue weighted by molar-refractivity contribution is 6.02. The zero-order valence-electron chi connectivity index (χ0n) is 11.8. The van der Waals surface area contributed by atoms with Gasteiger partial charge in [-0.1, -0.05) is 11.2 Å². The normalized spacial score (nSPS) is 17.5. The van der Waals surface area contributed by atoms with Gasteiger partial charge in [-0.05, 0) is 24.6 Å². The van der Waals surface area contributed by atoms with Crippen molar-refractivity contribution < 1.29 is 10.3 Å². The summed E-state index contributed by atoms with van der Waals surface area (Å²) in [5.41, 5.74) is 8.66. The summed E-state index contributed by atoms with van der Waals surface area (Å²) < 4.78 is 0. The van der Waals surface area contributed by atoms with Gasteiger partial charge in [-0.2, -0.15) is 0 Å². The molecule has 1 heterocycles. The van der Waals surface area contributed by atoms with Gasteiger partial charge in [0, 0.05) is 44.0 Å². The molecule has 6 heteroatoms. The second-order valence-corrected chi connectivity index (χ2v) is 5.06. The standard InChI is InChI=1S/C14H22N4O2/c1-11-2-3-12(14(15)16-20)13(10-11)18-6-4-17(5-7-18)8-9-19/h2-3,10,19-20H,4-9H2,1H3,(H2,15,16). The van der Waals surface area contributed by atoms with Gasteiger partial charge < -0.3 is 20.9 Å². The molecule has 4 N–H and O–H groups in total. The Morgan fingerprint density at radius 2 is 2.00 bits per heavy atom. The van der Waals surface area contributed by atoms with Crippen LogP contribution in [-0.2, 0) is 0 Å². The molecule has 1 saturated heterocycles. The summed E-state index contributed by atoms with van der Waals surface area (Å²) >= 11 is 0. The fraction of sp³-hybridized carbons (Fsp3) is 0.500. The van der Waals surface area contributed by atoms with Gasteiger partial charge in [0.1, 0.15) is 0 Å². The van der Waals surface area contributed by atoms with Crippen LogP contribution in [0.25, 0.3) is 0 Å². The van der Waals surface area contributed by atoms with Gasteiger partial charge >= 0.3 is 0 Å². The van der Waals surface area contributed by atoms with E-state index in [1.54, 1.807) is 0 Å². The molecule has 0 radical (unpaired) electrons. The Balaban J connectivity index is 2.18. The molecule has 1 aromatic rings. The maximum atomic E-state index is 8.97. The van der Waals surface area contributed by atoms with Crippen LogP contribution >= 0.6 is 0 Å². The van der Waals surface area contributed by atoms with E-state index < -0.39 is 0 Å². The maximum Gasteiger partial charge on any atom is 0.172 e. The smallest absolute Gasteiger partial charge is 0.172 e. The Kier molecular flexibility index (Phi) is 4.81. The lowest BCUT2D eigenvalue weighted by Gasteiger charge is -2.36. The Morgan fingerprint density at radius 3 is 2.60 bits per heavy atom. The Morgan fingerprint density at radius 1 is 1.30 bits per heavy atom. The average Bonchev–Trinajstić information content (AvgIpc) is 2.47. The number of β-amino-alcohol motifs (C(OH)–C–C–N with tert-alkyl or cyclic N) is 1. The summed E-state index contributed by atoms with van der Waals surface area (Å²) in [6.07, 6.45) is 0. The first-order valence-electron chi connectivity index (χ1n) is 6.82. The molecule has 2 rings (SSSR count). The SMILES string of the molecule is Cc1ccc(C(N)=NO)c(N2CCN(CCO)CC2)c1. The minimum Gasteiger partial charge on any atom is -0.409 e. The Bertz CT molecular complexity index is 482. The molecular weight excluding hydrogens is 256 g/mol. The molecule has 0 aromatic heterocycles. The fourth-order valence-electron chi connectivity index (χ4n) is 2.53. The van der Waals surface area contributed by atoms with Crippen molar-refractivity contribution in [1.82, 2.24) is 4.90 Å². The number of hydrogen-bond donors (Lipinski definition) is 3. The monoisotopic (exact) mass is 278 g/mol. The van der Waals surface area contributed by atoms with Crippen molar-refractivity contribution in [3.8, 4) is 0 Å². The van der Waals surface area contributed by atoms with Crippen LogP contribution in [0.4, 0.5) is 5.69 Å². The summed E-state index contributed by atoms with van der Waals surface area (Å²) in [6, 6.07) is 5.91. The van der Waals surface area contributed by atoms with E-state index in [-0.39, 0.29) is 12.4 Å². The number of nitrogens with zero attached hydrogens (tertiary/aromatic N) is 3. The molecule has 0 atom stereocenters. The Labute approximate surface area is 119 Å². The topological polar surface area (TPSA) is 85.3 Å². The van der Waals surface area contributed by atoms with Crippen LogP contribution in [0.15, 0.2) is 23.4 Å². The number of aliphatic hydroxyl groups is 1. The first-order chi connectivity index (χ1) is 9.65. The van der Waals surface area contributed by atoms with Gasteiger partial charge in [0.25, 0.3) is 0 Å². The van der Waals surface area contributed by atoms with Crippen LogP contribution in [-0.4, -0.2) is 60.4 Å². The summed E-state index contributed by atoms with van der Waals surface area (Å²) in [7, 11) is 0. The molecule has 0 bridgehead atoms. The van der Waals surface area contributed by atoms with Crippen molar-refractivity contribution in [2.24, 2.45) is 10.9 Å². The van der Waals surface area contributed by atoms with Crippen molar-refractivity contribution in [2.75, 3.05) is 44.2 Å². The first-order valence-corrected chi connectivity index (χ1v) is 6.82. The zero-order chi connectivity index (χ0) is 14.5. The third-order valence-electron chi connectivity index (χ3n) is 3.67. The molecule has 1 aliphatic heterocycles. The molecule has 6 nitrogen and oxygen atoms in total. The van der Waals surface area contributed by atoms with Gasteiger partial charge in [-0.3, -0.25) is 4.90 Å². The maximum absolute atomic E-state index is 8.97. The summed E-state index contributed by atoms with van der Waals surface area (Å²) in [5, 5.41) is 21.0. The molecule has 1 aliphatic rings. The predicted octanol–water partition coefficient (Wildman–Crippen LogP) is 0.204. The number of benzene rings is 1.